The second-order valence-corrected chi connectivity index (χ2v) is 6.12. The maximum absolute atomic E-state index is 12.3. The Balaban J connectivity index is 1.89. The van der Waals surface area contributed by atoms with Gasteiger partial charge >= 0.3 is 5.97 Å². The van der Waals surface area contributed by atoms with Crippen molar-refractivity contribution in [2.75, 3.05) is 5.32 Å². The van der Waals surface area contributed by atoms with Gasteiger partial charge in [-0.1, -0.05) is 40.2 Å². The van der Waals surface area contributed by atoms with E-state index in [1.165, 1.54) is 0 Å². The summed E-state index contributed by atoms with van der Waals surface area (Å²) in [6.07, 6.45) is 1.21. The van der Waals surface area contributed by atoms with E-state index in [0.717, 1.165) is 15.2 Å². The predicted octanol–water partition coefficient (Wildman–Crippen LogP) is 3.65. The van der Waals surface area contributed by atoms with Crippen LogP contribution in [0.1, 0.15) is 12.8 Å². The monoisotopic (exact) mass is 347 g/mol. The minimum absolute atomic E-state index is 0.211. The number of anilines is 1. The highest BCUT2D eigenvalue weighted by Gasteiger charge is 2.41. The van der Waals surface area contributed by atoms with Crippen molar-refractivity contribution in [3.63, 3.8) is 0 Å². The zero-order valence-electron chi connectivity index (χ0n) is 11.2. The van der Waals surface area contributed by atoms with Crippen LogP contribution >= 0.6 is 15.9 Å². The SMILES string of the molecule is O=C(Nc1cccc2cccc(Br)c12)[C@H]1CC[C@H]1C(=O)O. The van der Waals surface area contributed by atoms with Gasteiger partial charge in [-0.2, -0.15) is 0 Å². The molecule has 0 spiro atoms. The van der Waals surface area contributed by atoms with Crippen molar-refractivity contribution in [1.29, 1.82) is 0 Å². The normalized spacial score (nSPS) is 20.8. The number of carbonyl (C=O) groups is 2. The molecule has 0 heterocycles. The third-order valence-corrected chi connectivity index (χ3v) is 4.70. The number of hydrogen-bond acceptors (Lipinski definition) is 2. The Morgan fingerprint density at radius 2 is 1.76 bits per heavy atom. The number of aliphatic carboxylic acids is 1. The zero-order valence-corrected chi connectivity index (χ0v) is 12.8. The number of carboxylic acids is 1. The molecule has 21 heavy (non-hydrogen) atoms. The fourth-order valence-electron chi connectivity index (χ4n) is 2.73. The number of hydrogen-bond donors (Lipinski definition) is 2. The number of rotatable bonds is 3. The predicted molar refractivity (Wildman–Crippen MR) is 84.1 cm³/mol. The van der Waals surface area contributed by atoms with Gasteiger partial charge in [0.25, 0.3) is 0 Å². The van der Waals surface area contributed by atoms with Crippen molar-refractivity contribution in [2.45, 2.75) is 12.8 Å². The smallest absolute Gasteiger partial charge is 0.307 e. The number of halogens is 1. The van der Waals surface area contributed by atoms with E-state index < -0.39 is 17.8 Å². The van der Waals surface area contributed by atoms with Gasteiger partial charge in [0.05, 0.1) is 11.8 Å². The van der Waals surface area contributed by atoms with E-state index in [0.29, 0.717) is 18.5 Å². The van der Waals surface area contributed by atoms with Crippen LogP contribution < -0.4 is 5.32 Å². The number of fused-ring (bicyclic) bond motifs is 1. The molecular formula is C16H14BrNO3. The number of carbonyl (C=O) groups excluding carboxylic acids is 1. The molecule has 1 saturated carbocycles. The van der Waals surface area contributed by atoms with Crippen LogP contribution in [0.3, 0.4) is 0 Å². The molecule has 2 aromatic rings. The van der Waals surface area contributed by atoms with Crippen LogP contribution in [0, 0.1) is 11.8 Å². The highest BCUT2D eigenvalue weighted by molar-refractivity contribution is 9.10. The first kappa shape index (κ1) is 14.1. The Morgan fingerprint density at radius 1 is 1.10 bits per heavy atom. The first-order chi connectivity index (χ1) is 10.1. The Labute approximate surface area is 130 Å². The van der Waals surface area contributed by atoms with Crippen molar-refractivity contribution >= 4 is 44.3 Å². The molecule has 0 radical (unpaired) electrons. The fourth-order valence-corrected chi connectivity index (χ4v) is 3.33. The topological polar surface area (TPSA) is 66.4 Å². The van der Waals surface area contributed by atoms with Crippen molar-refractivity contribution in [1.82, 2.24) is 0 Å². The summed E-state index contributed by atoms with van der Waals surface area (Å²) in [6.45, 7) is 0. The summed E-state index contributed by atoms with van der Waals surface area (Å²) in [7, 11) is 0. The molecule has 2 aromatic carbocycles. The van der Waals surface area contributed by atoms with E-state index in [4.69, 9.17) is 5.11 Å². The lowest BCUT2D eigenvalue weighted by Gasteiger charge is -2.32. The van der Waals surface area contributed by atoms with Gasteiger partial charge < -0.3 is 10.4 Å². The van der Waals surface area contributed by atoms with Crippen LogP contribution in [-0.4, -0.2) is 17.0 Å². The van der Waals surface area contributed by atoms with Crippen LogP contribution in [0.15, 0.2) is 40.9 Å². The number of amides is 1. The molecule has 0 bridgehead atoms. The fraction of sp³-hybridized carbons (Fsp3) is 0.250. The highest BCUT2D eigenvalue weighted by Crippen LogP contribution is 2.37. The minimum atomic E-state index is -0.888. The van der Waals surface area contributed by atoms with Gasteiger partial charge in [-0.05, 0) is 30.4 Å². The first-order valence-electron chi connectivity index (χ1n) is 6.79. The van der Waals surface area contributed by atoms with Gasteiger partial charge in [0.1, 0.15) is 0 Å². The first-order valence-corrected chi connectivity index (χ1v) is 7.58. The van der Waals surface area contributed by atoms with Gasteiger partial charge in [0.15, 0.2) is 0 Å². The van der Waals surface area contributed by atoms with E-state index in [9.17, 15) is 9.59 Å². The van der Waals surface area contributed by atoms with Crippen molar-refractivity contribution < 1.29 is 14.7 Å². The van der Waals surface area contributed by atoms with Crippen LogP contribution in [-0.2, 0) is 9.59 Å². The van der Waals surface area contributed by atoms with Gasteiger partial charge in [0, 0.05) is 15.5 Å². The van der Waals surface area contributed by atoms with Gasteiger partial charge in [-0.25, -0.2) is 0 Å². The number of benzene rings is 2. The molecule has 0 saturated heterocycles. The van der Waals surface area contributed by atoms with Crippen molar-refractivity contribution in [3.05, 3.63) is 40.9 Å². The lowest BCUT2D eigenvalue weighted by atomic mass is 9.73. The second-order valence-electron chi connectivity index (χ2n) is 5.26. The molecule has 0 unspecified atom stereocenters. The summed E-state index contributed by atoms with van der Waals surface area (Å²) >= 11 is 3.50. The third-order valence-electron chi connectivity index (χ3n) is 4.04. The van der Waals surface area contributed by atoms with Crippen molar-refractivity contribution in [3.8, 4) is 0 Å². The molecule has 4 nitrogen and oxygen atoms in total. The number of nitrogens with one attached hydrogen (secondary N) is 1. The Kier molecular flexibility index (Phi) is 3.68. The lowest BCUT2D eigenvalue weighted by molar-refractivity contribution is -0.151. The van der Waals surface area contributed by atoms with E-state index in [-0.39, 0.29) is 5.91 Å². The van der Waals surface area contributed by atoms with Gasteiger partial charge in [0.2, 0.25) is 5.91 Å². The maximum Gasteiger partial charge on any atom is 0.307 e. The van der Waals surface area contributed by atoms with Crippen LogP contribution in [0.2, 0.25) is 0 Å². The molecule has 1 amide bonds. The Bertz CT molecular complexity index is 723. The molecule has 1 aliphatic rings. The summed E-state index contributed by atoms with van der Waals surface area (Å²) in [5.41, 5.74) is 0.709. The summed E-state index contributed by atoms with van der Waals surface area (Å²) < 4.78 is 0.902. The molecule has 2 atom stereocenters. The summed E-state index contributed by atoms with van der Waals surface area (Å²) in [5.74, 6) is -2.08. The molecule has 108 valence electrons. The molecule has 2 N–H and O–H groups in total. The molecule has 5 heteroatoms. The van der Waals surface area contributed by atoms with E-state index in [1.54, 1.807) is 0 Å². The molecule has 0 aliphatic heterocycles. The summed E-state index contributed by atoms with van der Waals surface area (Å²) in [4.78, 5) is 23.3. The van der Waals surface area contributed by atoms with Crippen LogP contribution in [0.25, 0.3) is 10.8 Å². The van der Waals surface area contributed by atoms with Crippen molar-refractivity contribution in [2.24, 2.45) is 11.8 Å². The second kappa shape index (κ2) is 5.48. The quantitative estimate of drug-likeness (QED) is 0.890. The molecule has 3 rings (SSSR count). The Hall–Kier alpha value is -1.88. The molecule has 1 aliphatic carbocycles. The van der Waals surface area contributed by atoms with Gasteiger partial charge in [-0.15, -0.1) is 0 Å². The highest BCUT2D eigenvalue weighted by atomic mass is 79.9. The molecule has 0 aromatic heterocycles. The number of carboxylic acid groups (broad SMARTS) is 1. The average molecular weight is 348 g/mol. The summed E-state index contributed by atoms with van der Waals surface area (Å²) in [6, 6.07) is 11.5. The van der Waals surface area contributed by atoms with Crippen LogP contribution in [0.4, 0.5) is 5.69 Å². The minimum Gasteiger partial charge on any atom is -0.481 e. The van der Waals surface area contributed by atoms with E-state index >= 15 is 0 Å². The average Bonchev–Trinajstić information content (AvgIpc) is 2.36. The Morgan fingerprint density at radius 3 is 2.38 bits per heavy atom. The zero-order chi connectivity index (χ0) is 15.0. The van der Waals surface area contributed by atoms with Crippen LogP contribution in [0.5, 0.6) is 0 Å². The van der Waals surface area contributed by atoms with E-state index in [2.05, 4.69) is 21.2 Å². The maximum atomic E-state index is 12.3. The van der Waals surface area contributed by atoms with Gasteiger partial charge in [-0.3, -0.25) is 9.59 Å². The third kappa shape index (κ3) is 2.53. The lowest BCUT2D eigenvalue weighted by Crippen LogP contribution is -2.41. The summed E-state index contributed by atoms with van der Waals surface area (Å²) in [5, 5.41) is 13.9. The molecular weight excluding hydrogens is 334 g/mol. The molecule has 1 fully saturated rings. The standard InChI is InChI=1S/C16H14BrNO3/c17-12-5-1-3-9-4-2-6-13(14(9)12)18-15(19)10-7-8-11(10)16(20)21/h1-6,10-11H,7-8H2,(H,18,19)(H,20,21)/t10-,11+/m0/s1. The largest absolute Gasteiger partial charge is 0.481 e. The van der Waals surface area contributed by atoms with E-state index in [1.807, 2.05) is 36.4 Å².